The lowest BCUT2D eigenvalue weighted by Crippen LogP contribution is -2.23. The van der Waals surface area contributed by atoms with E-state index in [9.17, 15) is 0 Å². The standard InChI is InChI=1S/C10H16N4O/c1-6(10(12-3)13-4)9(11)8-5-15-14-7(8)2/h5,7,14H,3,11H2,1-2,4H3. The summed E-state index contributed by atoms with van der Waals surface area (Å²) in [5, 5.41) is 0. The van der Waals surface area contributed by atoms with Gasteiger partial charge in [0.25, 0.3) is 0 Å². The minimum absolute atomic E-state index is 0.0721. The van der Waals surface area contributed by atoms with Crippen LogP contribution in [-0.2, 0) is 4.84 Å². The molecular formula is C10H16N4O. The number of amidine groups is 1. The highest BCUT2D eigenvalue weighted by atomic mass is 16.6. The molecule has 0 saturated heterocycles. The molecule has 0 radical (unpaired) electrons. The predicted octanol–water partition coefficient (Wildman–Crippen LogP) is 0.755. The molecule has 5 nitrogen and oxygen atoms in total. The van der Waals surface area contributed by atoms with Crippen LogP contribution in [0, 0.1) is 0 Å². The lowest BCUT2D eigenvalue weighted by molar-refractivity contribution is 0.146. The maximum atomic E-state index is 5.99. The van der Waals surface area contributed by atoms with Gasteiger partial charge in [-0.25, -0.2) is 4.99 Å². The molecule has 0 aromatic rings. The average Bonchev–Trinajstić information content (AvgIpc) is 2.65. The molecule has 1 atom stereocenters. The van der Waals surface area contributed by atoms with E-state index in [2.05, 4.69) is 22.2 Å². The molecule has 0 saturated carbocycles. The molecule has 82 valence electrons. The van der Waals surface area contributed by atoms with Crippen molar-refractivity contribution in [1.29, 1.82) is 0 Å². The maximum Gasteiger partial charge on any atom is 0.151 e. The van der Waals surface area contributed by atoms with Crippen molar-refractivity contribution < 1.29 is 4.84 Å². The summed E-state index contributed by atoms with van der Waals surface area (Å²) in [4.78, 5) is 12.8. The van der Waals surface area contributed by atoms with Crippen molar-refractivity contribution in [3.63, 3.8) is 0 Å². The van der Waals surface area contributed by atoms with E-state index in [4.69, 9.17) is 10.6 Å². The summed E-state index contributed by atoms with van der Waals surface area (Å²) in [6.45, 7) is 7.26. The van der Waals surface area contributed by atoms with Gasteiger partial charge in [0.05, 0.1) is 6.04 Å². The van der Waals surface area contributed by atoms with Gasteiger partial charge in [-0.1, -0.05) is 0 Å². The normalized spacial score (nSPS) is 23.0. The molecular weight excluding hydrogens is 192 g/mol. The molecule has 1 rings (SSSR count). The molecule has 1 aliphatic heterocycles. The van der Waals surface area contributed by atoms with Crippen molar-refractivity contribution >= 4 is 12.6 Å². The van der Waals surface area contributed by atoms with Crippen LogP contribution in [0.25, 0.3) is 0 Å². The van der Waals surface area contributed by atoms with Gasteiger partial charge in [0.1, 0.15) is 6.26 Å². The summed E-state index contributed by atoms with van der Waals surface area (Å²) in [6.07, 6.45) is 1.60. The number of hydrogen-bond donors (Lipinski definition) is 2. The van der Waals surface area contributed by atoms with Crippen molar-refractivity contribution in [2.45, 2.75) is 19.9 Å². The van der Waals surface area contributed by atoms with E-state index in [0.717, 1.165) is 11.1 Å². The van der Waals surface area contributed by atoms with E-state index in [0.29, 0.717) is 11.5 Å². The number of nitrogens with zero attached hydrogens (tertiary/aromatic N) is 2. The second-order valence-corrected chi connectivity index (χ2v) is 3.27. The monoisotopic (exact) mass is 208 g/mol. The minimum Gasteiger partial charge on any atom is -0.416 e. The SMILES string of the molecule is C=NC(=NC)C(C)=C(N)C1=CONC1C. The largest absolute Gasteiger partial charge is 0.416 e. The van der Waals surface area contributed by atoms with Crippen molar-refractivity contribution in [3.8, 4) is 0 Å². The van der Waals surface area contributed by atoms with Crippen molar-refractivity contribution in [1.82, 2.24) is 5.48 Å². The molecule has 3 N–H and O–H groups in total. The summed E-state index contributed by atoms with van der Waals surface area (Å²) in [7, 11) is 1.65. The Morgan fingerprint density at radius 2 is 2.33 bits per heavy atom. The van der Waals surface area contributed by atoms with Gasteiger partial charge >= 0.3 is 0 Å². The molecule has 1 aliphatic rings. The number of aliphatic imine (C=N–C) groups is 2. The third-order valence-corrected chi connectivity index (χ3v) is 2.31. The molecule has 0 aliphatic carbocycles. The van der Waals surface area contributed by atoms with Crippen LogP contribution in [0.1, 0.15) is 13.8 Å². The van der Waals surface area contributed by atoms with E-state index >= 15 is 0 Å². The Bertz CT molecular complexity index is 354. The van der Waals surface area contributed by atoms with E-state index in [1.54, 1.807) is 13.3 Å². The van der Waals surface area contributed by atoms with Crippen molar-refractivity contribution in [2.24, 2.45) is 15.7 Å². The molecule has 5 heteroatoms. The zero-order chi connectivity index (χ0) is 11.4. The Balaban J connectivity index is 3.04. The van der Waals surface area contributed by atoms with E-state index < -0.39 is 0 Å². The predicted molar refractivity (Wildman–Crippen MR) is 61.6 cm³/mol. The Hall–Kier alpha value is -1.62. The van der Waals surface area contributed by atoms with Crippen LogP contribution in [0.4, 0.5) is 0 Å². The van der Waals surface area contributed by atoms with Gasteiger partial charge in [-0.3, -0.25) is 4.99 Å². The smallest absolute Gasteiger partial charge is 0.151 e. The van der Waals surface area contributed by atoms with Gasteiger partial charge in [-0.2, -0.15) is 5.48 Å². The first kappa shape index (κ1) is 11.5. The first-order valence-corrected chi connectivity index (χ1v) is 4.63. The number of rotatable bonds is 2. The fraction of sp³-hybridized carbons (Fsp3) is 0.400. The van der Waals surface area contributed by atoms with Gasteiger partial charge in [-0.05, 0) is 20.6 Å². The third kappa shape index (κ3) is 2.24. The van der Waals surface area contributed by atoms with E-state index in [1.807, 2.05) is 13.8 Å². The molecule has 0 aromatic heterocycles. The Morgan fingerprint density at radius 3 is 2.73 bits per heavy atom. The minimum atomic E-state index is 0.0721. The summed E-state index contributed by atoms with van der Waals surface area (Å²) in [6, 6.07) is 0.0721. The van der Waals surface area contributed by atoms with Gasteiger partial charge < -0.3 is 10.6 Å². The van der Waals surface area contributed by atoms with Gasteiger partial charge in [0.2, 0.25) is 0 Å². The number of hydrogen-bond acceptors (Lipinski definition) is 4. The molecule has 1 heterocycles. The zero-order valence-corrected chi connectivity index (χ0v) is 9.24. The topological polar surface area (TPSA) is 72.0 Å². The molecule has 15 heavy (non-hydrogen) atoms. The fourth-order valence-corrected chi connectivity index (χ4v) is 1.36. The van der Waals surface area contributed by atoms with Gasteiger partial charge in [-0.15, -0.1) is 0 Å². The van der Waals surface area contributed by atoms with Gasteiger partial charge in [0.15, 0.2) is 5.84 Å². The van der Waals surface area contributed by atoms with E-state index in [-0.39, 0.29) is 6.04 Å². The quantitative estimate of drug-likeness (QED) is 0.519. The van der Waals surface area contributed by atoms with Crippen molar-refractivity contribution in [2.75, 3.05) is 7.05 Å². The highest BCUT2D eigenvalue weighted by Gasteiger charge is 2.20. The molecule has 0 spiro atoms. The number of nitrogens with one attached hydrogen (secondary N) is 1. The molecule has 0 fully saturated rings. The summed E-state index contributed by atoms with van der Waals surface area (Å²) < 4.78 is 0. The highest BCUT2D eigenvalue weighted by Crippen LogP contribution is 2.18. The van der Waals surface area contributed by atoms with Crippen molar-refractivity contribution in [3.05, 3.63) is 23.1 Å². The zero-order valence-electron chi connectivity index (χ0n) is 9.24. The second kappa shape index (κ2) is 4.75. The average molecular weight is 208 g/mol. The van der Waals surface area contributed by atoms with Crippen LogP contribution < -0.4 is 11.2 Å². The van der Waals surface area contributed by atoms with Crippen LogP contribution in [0.3, 0.4) is 0 Å². The van der Waals surface area contributed by atoms with Crippen LogP contribution in [-0.4, -0.2) is 25.6 Å². The lowest BCUT2D eigenvalue weighted by Gasteiger charge is -2.10. The number of hydroxylamine groups is 1. The van der Waals surface area contributed by atoms with Crippen LogP contribution in [0.15, 0.2) is 33.1 Å². The third-order valence-electron chi connectivity index (χ3n) is 2.31. The van der Waals surface area contributed by atoms with Crippen LogP contribution in [0.2, 0.25) is 0 Å². The summed E-state index contributed by atoms with van der Waals surface area (Å²) >= 11 is 0. The number of nitrogens with two attached hydrogens (primary N) is 1. The highest BCUT2D eigenvalue weighted by molar-refractivity contribution is 6.01. The van der Waals surface area contributed by atoms with Crippen LogP contribution in [0.5, 0.6) is 0 Å². The lowest BCUT2D eigenvalue weighted by atomic mass is 10.0. The maximum absolute atomic E-state index is 5.99. The van der Waals surface area contributed by atoms with Gasteiger partial charge in [0, 0.05) is 23.9 Å². The molecule has 0 aromatic carbocycles. The second-order valence-electron chi connectivity index (χ2n) is 3.27. The fourth-order valence-electron chi connectivity index (χ4n) is 1.36. The van der Waals surface area contributed by atoms with Crippen LogP contribution >= 0.6 is 0 Å². The summed E-state index contributed by atoms with van der Waals surface area (Å²) in [5.41, 5.74) is 11.1. The molecule has 0 bridgehead atoms. The Morgan fingerprint density at radius 1 is 1.67 bits per heavy atom. The first-order valence-electron chi connectivity index (χ1n) is 4.63. The first-order chi connectivity index (χ1) is 7.11. The molecule has 1 unspecified atom stereocenters. The molecule has 0 amide bonds. The Kier molecular flexibility index (Phi) is 3.62. The summed E-state index contributed by atoms with van der Waals surface area (Å²) in [5.74, 6) is 0.549. The Labute approximate surface area is 89.4 Å². The van der Waals surface area contributed by atoms with E-state index in [1.165, 1.54) is 0 Å².